The molecule has 0 radical (unpaired) electrons. The van der Waals surface area contributed by atoms with Gasteiger partial charge in [-0.15, -0.1) is 5.10 Å². The molecular formula is C20H19ClN4OS. The first-order valence-corrected chi connectivity index (χ1v) is 10.1. The summed E-state index contributed by atoms with van der Waals surface area (Å²) in [6, 6.07) is 17.2. The predicted octanol–water partition coefficient (Wildman–Crippen LogP) is 4.92. The molecule has 1 fully saturated rings. The van der Waals surface area contributed by atoms with E-state index in [9.17, 15) is 4.79 Å². The van der Waals surface area contributed by atoms with Gasteiger partial charge in [0.2, 0.25) is 11.1 Å². The van der Waals surface area contributed by atoms with Gasteiger partial charge in [-0.1, -0.05) is 53.7 Å². The normalized spacial score (nSPS) is 14.7. The number of anilines is 1. The number of para-hydroxylation sites is 2. The zero-order valence-electron chi connectivity index (χ0n) is 14.8. The summed E-state index contributed by atoms with van der Waals surface area (Å²) in [5.74, 6) is 1.30. The Kier molecular flexibility index (Phi) is 5.18. The molecule has 1 aromatic heterocycles. The van der Waals surface area contributed by atoms with Crippen molar-refractivity contribution < 1.29 is 4.79 Å². The fraction of sp³-hybridized carbons (Fsp3) is 0.250. The summed E-state index contributed by atoms with van der Waals surface area (Å²) < 4.78 is 1.90. The lowest BCUT2D eigenvalue weighted by Gasteiger charge is -2.11. The monoisotopic (exact) mass is 398 g/mol. The molecule has 5 nitrogen and oxygen atoms in total. The highest BCUT2D eigenvalue weighted by molar-refractivity contribution is 8.00. The maximum absolute atomic E-state index is 12.5. The Bertz CT molecular complexity index is 956. The quantitative estimate of drug-likeness (QED) is 0.599. The van der Waals surface area contributed by atoms with E-state index in [-0.39, 0.29) is 11.2 Å². The first kappa shape index (κ1) is 18.1. The minimum atomic E-state index is -0.347. The number of carbonyl (C=O) groups is 1. The molecule has 7 heteroatoms. The Hall–Kier alpha value is -2.31. The number of hydrogen-bond acceptors (Lipinski definition) is 4. The molecule has 2 aromatic carbocycles. The number of hydrogen-bond donors (Lipinski definition) is 1. The summed E-state index contributed by atoms with van der Waals surface area (Å²) in [4.78, 5) is 17.2. The van der Waals surface area contributed by atoms with Crippen LogP contribution in [0.15, 0.2) is 59.8 Å². The fourth-order valence-electron chi connectivity index (χ4n) is 2.73. The van der Waals surface area contributed by atoms with Gasteiger partial charge in [0.1, 0.15) is 5.82 Å². The average Bonchev–Trinajstić information content (AvgIpc) is 3.44. The van der Waals surface area contributed by atoms with Crippen LogP contribution in [0.25, 0.3) is 5.69 Å². The topological polar surface area (TPSA) is 59.8 Å². The number of thioether (sulfide) groups is 1. The van der Waals surface area contributed by atoms with Gasteiger partial charge in [0, 0.05) is 5.92 Å². The Labute approximate surface area is 167 Å². The van der Waals surface area contributed by atoms with Gasteiger partial charge in [-0.25, -0.2) is 9.67 Å². The number of carbonyl (C=O) groups excluding carboxylic acids is 1. The molecular weight excluding hydrogens is 380 g/mol. The highest BCUT2D eigenvalue weighted by Crippen LogP contribution is 2.40. The molecule has 0 unspecified atom stereocenters. The van der Waals surface area contributed by atoms with E-state index in [1.54, 1.807) is 12.1 Å². The Morgan fingerprint density at radius 2 is 1.89 bits per heavy atom. The number of rotatable bonds is 6. The van der Waals surface area contributed by atoms with E-state index >= 15 is 0 Å². The Morgan fingerprint density at radius 3 is 2.59 bits per heavy atom. The van der Waals surface area contributed by atoms with E-state index in [2.05, 4.69) is 10.4 Å². The largest absolute Gasteiger partial charge is 0.324 e. The standard InChI is InChI=1S/C20H19ClN4OS/c1-13(19(26)22-17-10-6-5-9-16(17)21)27-20-23-18(14-11-12-14)25(24-20)15-7-3-2-4-8-15/h2-10,13-14H,11-12H2,1H3,(H,22,26)/t13-/m0/s1. The molecule has 0 saturated heterocycles. The van der Waals surface area contributed by atoms with Crippen molar-refractivity contribution >= 4 is 35.0 Å². The summed E-state index contributed by atoms with van der Waals surface area (Å²) >= 11 is 7.47. The summed E-state index contributed by atoms with van der Waals surface area (Å²) in [5, 5.41) is 8.30. The summed E-state index contributed by atoms with van der Waals surface area (Å²) in [6.45, 7) is 1.84. The molecule has 1 heterocycles. The summed E-state index contributed by atoms with van der Waals surface area (Å²) in [5.41, 5.74) is 1.60. The van der Waals surface area contributed by atoms with Crippen molar-refractivity contribution in [2.75, 3.05) is 5.32 Å². The number of halogens is 1. The lowest BCUT2D eigenvalue weighted by molar-refractivity contribution is -0.115. The molecule has 27 heavy (non-hydrogen) atoms. The van der Waals surface area contributed by atoms with Gasteiger partial charge in [-0.2, -0.15) is 0 Å². The zero-order chi connectivity index (χ0) is 18.8. The van der Waals surface area contributed by atoms with Crippen LogP contribution in [-0.4, -0.2) is 25.9 Å². The molecule has 4 rings (SSSR count). The number of nitrogens with one attached hydrogen (secondary N) is 1. The molecule has 1 aliphatic rings. The Morgan fingerprint density at radius 1 is 1.19 bits per heavy atom. The second-order valence-electron chi connectivity index (χ2n) is 6.50. The number of amides is 1. The molecule has 138 valence electrons. The van der Waals surface area contributed by atoms with Crippen molar-refractivity contribution in [3.63, 3.8) is 0 Å². The van der Waals surface area contributed by atoms with Gasteiger partial charge in [0.05, 0.1) is 21.6 Å². The minimum absolute atomic E-state index is 0.128. The van der Waals surface area contributed by atoms with Crippen molar-refractivity contribution in [2.24, 2.45) is 0 Å². The highest BCUT2D eigenvalue weighted by Gasteiger charge is 2.31. The van der Waals surface area contributed by atoms with Crippen LogP contribution in [0.3, 0.4) is 0 Å². The van der Waals surface area contributed by atoms with Gasteiger partial charge in [0.15, 0.2) is 0 Å². The van der Waals surface area contributed by atoms with Crippen molar-refractivity contribution in [3.8, 4) is 5.69 Å². The van der Waals surface area contributed by atoms with Gasteiger partial charge in [0.25, 0.3) is 0 Å². The van der Waals surface area contributed by atoms with E-state index in [0.29, 0.717) is 21.8 Å². The average molecular weight is 399 g/mol. The van der Waals surface area contributed by atoms with Gasteiger partial charge in [-0.05, 0) is 44.0 Å². The van der Waals surface area contributed by atoms with Crippen LogP contribution in [-0.2, 0) is 4.79 Å². The van der Waals surface area contributed by atoms with Crippen LogP contribution in [0.2, 0.25) is 5.02 Å². The smallest absolute Gasteiger partial charge is 0.237 e. The number of aromatic nitrogens is 3. The van der Waals surface area contributed by atoms with Crippen LogP contribution >= 0.6 is 23.4 Å². The van der Waals surface area contributed by atoms with Crippen molar-refractivity contribution in [2.45, 2.75) is 36.1 Å². The van der Waals surface area contributed by atoms with Crippen LogP contribution in [0, 0.1) is 0 Å². The molecule has 1 amide bonds. The Balaban J connectivity index is 1.50. The number of nitrogens with zero attached hydrogens (tertiary/aromatic N) is 3. The maximum Gasteiger partial charge on any atom is 0.237 e. The molecule has 1 saturated carbocycles. The van der Waals surface area contributed by atoms with Crippen LogP contribution in [0.1, 0.15) is 31.5 Å². The minimum Gasteiger partial charge on any atom is -0.324 e. The van der Waals surface area contributed by atoms with Crippen LogP contribution in [0.5, 0.6) is 0 Å². The maximum atomic E-state index is 12.5. The molecule has 1 N–H and O–H groups in total. The zero-order valence-corrected chi connectivity index (χ0v) is 16.4. The molecule has 1 atom stereocenters. The third-order valence-electron chi connectivity index (χ3n) is 4.34. The molecule has 0 aliphatic heterocycles. The summed E-state index contributed by atoms with van der Waals surface area (Å²) in [6.07, 6.45) is 2.27. The van der Waals surface area contributed by atoms with Crippen LogP contribution < -0.4 is 5.32 Å². The van der Waals surface area contributed by atoms with E-state index < -0.39 is 0 Å². The third kappa shape index (κ3) is 4.17. The van der Waals surface area contributed by atoms with E-state index in [4.69, 9.17) is 16.6 Å². The van der Waals surface area contributed by atoms with E-state index in [1.165, 1.54) is 11.8 Å². The lowest BCUT2D eigenvalue weighted by atomic mass is 10.3. The summed E-state index contributed by atoms with van der Waals surface area (Å²) in [7, 11) is 0. The SMILES string of the molecule is C[C@H](Sc1nc(C2CC2)n(-c2ccccc2)n1)C(=O)Nc1ccccc1Cl. The van der Waals surface area contributed by atoms with E-state index in [1.807, 2.05) is 54.1 Å². The van der Waals surface area contributed by atoms with Crippen molar-refractivity contribution in [1.29, 1.82) is 0 Å². The van der Waals surface area contributed by atoms with Crippen LogP contribution in [0.4, 0.5) is 5.69 Å². The van der Waals surface area contributed by atoms with Crippen molar-refractivity contribution in [1.82, 2.24) is 14.8 Å². The molecule has 1 aliphatic carbocycles. The third-order valence-corrected chi connectivity index (χ3v) is 5.62. The highest BCUT2D eigenvalue weighted by atomic mass is 35.5. The van der Waals surface area contributed by atoms with Gasteiger partial charge >= 0.3 is 0 Å². The molecule has 0 bridgehead atoms. The van der Waals surface area contributed by atoms with Gasteiger partial charge < -0.3 is 5.32 Å². The van der Waals surface area contributed by atoms with E-state index in [0.717, 1.165) is 24.4 Å². The molecule has 3 aromatic rings. The van der Waals surface area contributed by atoms with Crippen molar-refractivity contribution in [3.05, 3.63) is 65.4 Å². The van der Waals surface area contributed by atoms with Gasteiger partial charge in [-0.3, -0.25) is 4.79 Å². The molecule has 0 spiro atoms. The lowest BCUT2D eigenvalue weighted by Crippen LogP contribution is -2.22. The second-order valence-corrected chi connectivity index (χ2v) is 8.22. The second kappa shape index (κ2) is 7.74. The first-order chi connectivity index (χ1) is 13.1. The predicted molar refractivity (Wildman–Crippen MR) is 109 cm³/mol. The first-order valence-electron chi connectivity index (χ1n) is 8.86. The fourth-order valence-corrected chi connectivity index (χ4v) is 3.67. The number of benzene rings is 2.